The Kier molecular flexibility index (Phi) is 5.06. The quantitative estimate of drug-likeness (QED) is 0.749. The van der Waals surface area contributed by atoms with E-state index in [-0.39, 0.29) is 0 Å². The molecule has 0 spiro atoms. The van der Waals surface area contributed by atoms with Crippen molar-refractivity contribution in [2.45, 2.75) is 12.8 Å². The molecular formula is C9H10Cl2Ru. The Bertz CT molecular complexity index is 252. The van der Waals surface area contributed by atoms with Gasteiger partial charge in [0, 0.05) is 0 Å². The summed E-state index contributed by atoms with van der Waals surface area (Å²) < 4.78 is 2.04. The van der Waals surface area contributed by atoms with Gasteiger partial charge in [-0.05, 0) is 0 Å². The first-order valence-electron chi connectivity index (χ1n) is 3.64. The van der Waals surface area contributed by atoms with Gasteiger partial charge in [0.25, 0.3) is 0 Å². The van der Waals surface area contributed by atoms with Crippen LogP contribution >= 0.6 is 19.4 Å². The third-order valence-electron chi connectivity index (χ3n) is 1.49. The average molecular weight is 290 g/mol. The van der Waals surface area contributed by atoms with Gasteiger partial charge in [-0.25, -0.2) is 0 Å². The standard InChI is InChI=1S/C9H10.2ClH.Ru/c1-2-6-9-7-4-3-5-8-9;;;/h1,3-5,7-8H,2,6H2;2*1H;/q;;;+2/p-2. The molecule has 0 nitrogen and oxygen atoms in total. The topological polar surface area (TPSA) is 0 Å². The molecule has 1 aromatic carbocycles. The second kappa shape index (κ2) is 5.86. The van der Waals surface area contributed by atoms with Crippen LogP contribution in [-0.2, 0) is 19.9 Å². The summed E-state index contributed by atoms with van der Waals surface area (Å²) in [6.45, 7) is 0. The van der Waals surface area contributed by atoms with Gasteiger partial charge in [0.1, 0.15) is 0 Å². The normalized spacial score (nSPS) is 11.0. The molecule has 0 amide bonds. The molecule has 0 bridgehead atoms. The molecule has 3 heteroatoms. The third kappa shape index (κ3) is 4.35. The van der Waals surface area contributed by atoms with Crippen LogP contribution in [0, 0.1) is 0 Å². The van der Waals surface area contributed by atoms with Crippen LogP contribution < -0.4 is 0 Å². The van der Waals surface area contributed by atoms with Crippen LogP contribution in [0.1, 0.15) is 12.0 Å². The zero-order chi connectivity index (χ0) is 8.81. The van der Waals surface area contributed by atoms with E-state index in [0.717, 1.165) is 12.8 Å². The molecule has 68 valence electrons. The maximum absolute atomic E-state index is 5.70. The minimum atomic E-state index is -1.53. The van der Waals surface area contributed by atoms with Gasteiger partial charge >= 0.3 is 86.2 Å². The fourth-order valence-electron chi connectivity index (χ4n) is 0.940. The molecule has 12 heavy (non-hydrogen) atoms. The molecule has 0 aliphatic rings. The van der Waals surface area contributed by atoms with Gasteiger partial charge in [-0.2, -0.15) is 0 Å². The van der Waals surface area contributed by atoms with Gasteiger partial charge < -0.3 is 0 Å². The van der Waals surface area contributed by atoms with Gasteiger partial charge in [-0.1, -0.05) is 0 Å². The Labute approximate surface area is 86.0 Å². The van der Waals surface area contributed by atoms with E-state index in [1.165, 1.54) is 5.56 Å². The average Bonchev–Trinajstić information content (AvgIpc) is 2.05. The molecule has 0 N–H and O–H groups in total. The van der Waals surface area contributed by atoms with Crippen LogP contribution in [0.5, 0.6) is 0 Å². The summed E-state index contributed by atoms with van der Waals surface area (Å²) in [5.41, 5.74) is 1.34. The van der Waals surface area contributed by atoms with E-state index in [1.807, 2.05) is 22.8 Å². The Morgan fingerprint density at radius 2 is 1.83 bits per heavy atom. The number of hydrogen-bond acceptors (Lipinski definition) is 0. The molecule has 1 rings (SSSR count). The number of aryl methyl sites for hydroxylation is 1. The van der Waals surface area contributed by atoms with Crippen molar-refractivity contribution < 1.29 is 13.5 Å². The monoisotopic (exact) mass is 290 g/mol. The van der Waals surface area contributed by atoms with Crippen LogP contribution in [-0.4, -0.2) is 4.61 Å². The SMILES string of the molecule is [Cl][Ru]([Cl])=[CH]CCc1ccccc1. The van der Waals surface area contributed by atoms with Crippen molar-refractivity contribution in [2.24, 2.45) is 0 Å². The van der Waals surface area contributed by atoms with E-state index >= 15 is 0 Å². The molecule has 0 unspecified atom stereocenters. The van der Waals surface area contributed by atoms with E-state index in [2.05, 4.69) is 12.1 Å². The molecule has 1 aromatic rings. The van der Waals surface area contributed by atoms with Crippen molar-refractivity contribution in [3.05, 3.63) is 35.9 Å². The summed E-state index contributed by atoms with van der Waals surface area (Å²) >= 11 is -1.53. The van der Waals surface area contributed by atoms with Crippen LogP contribution in [0.4, 0.5) is 0 Å². The number of benzene rings is 1. The first kappa shape index (κ1) is 10.4. The first-order chi connectivity index (χ1) is 5.79. The van der Waals surface area contributed by atoms with E-state index in [4.69, 9.17) is 19.4 Å². The van der Waals surface area contributed by atoms with Crippen LogP contribution in [0.3, 0.4) is 0 Å². The summed E-state index contributed by atoms with van der Waals surface area (Å²) in [6, 6.07) is 10.4. The molecule has 0 radical (unpaired) electrons. The summed E-state index contributed by atoms with van der Waals surface area (Å²) in [7, 11) is 11.4. The molecule has 0 aliphatic carbocycles. The molecule has 0 heterocycles. The van der Waals surface area contributed by atoms with E-state index < -0.39 is 13.5 Å². The van der Waals surface area contributed by atoms with Gasteiger partial charge in [0.2, 0.25) is 0 Å². The maximum atomic E-state index is 5.70. The van der Waals surface area contributed by atoms with E-state index in [1.54, 1.807) is 0 Å². The molecule has 0 fully saturated rings. The van der Waals surface area contributed by atoms with Crippen molar-refractivity contribution in [1.82, 2.24) is 0 Å². The molecular weight excluding hydrogens is 280 g/mol. The van der Waals surface area contributed by atoms with E-state index in [0.29, 0.717) is 0 Å². The van der Waals surface area contributed by atoms with Gasteiger partial charge in [-0.15, -0.1) is 0 Å². The predicted octanol–water partition coefficient (Wildman–Crippen LogP) is 3.35. The second-order valence-corrected chi connectivity index (χ2v) is 8.31. The van der Waals surface area contributed by atoms with Crippen molar-refractivity contribution >= 4 is 24.0 Å². The zero-order valence-corrected chi connectivity index (χ0v) is 9.74. The Morgan fingerprint density at radius 3 is 2.42 bits per heavy atom. The third-order valence-corrected chi connectivity index (χ3v) is 3.82. The van der Waals surface area contributed by atoms with Gasteiger partial charge in [0.15, 0.2) is 0 Å². The summed E-state index contributed by atoms with van der Waals surface area (Å²) in [6.07, 6.45) is 2.04. The van der Waals surface area contributed by atoms with Crippen molar-refractivity contribution in [3.8, 4) is 0 Å². The molecule has 0 aromatic heterocycles. The van der Waals surface area contributed by atoms with Crippen molar-refractivity contribution in [3.63, 3.8) is 0 Å². The van der Waals surface area contributed by atoms with Crippen LogP contribution in [0.15, 0.2) is 30.3 Å². The Balaban J connectivity index is 2.39. The molecule has 0 saturated carbocycles. The van der Waals surface area contributed by atoms with Crippen LogP contribution in [0.25, 0.3) is 0 Å². The first-order valence-corrected chi connectivity index (χ1v) is 9.12. The summed E-state index contributed by atoms with van der Waals surface area (Å²) in [4.78, 5) is 0. The Morgan fingerprint density at radius 1 is 1.17 bits per heavy atom. The van der Waals surface area contributed by atoms with Crippen molar-refractivity contribution in [1.29, 1.82) is 0 Å². The number of hydrogen-bond donors (Lipinski definition) is 0. The molecule has 0 atom stereocenters. The fraction of sp³-hybridized carbons (Fsp3) is 0.222. The van der Waals surface area contributed by atoms with Crippen molar-refractivity contribution in [2.75, 3.05) is 0 Å². The van der Waals surface area contributed by atoms with Gasteiger partial charge in [0.05, 0.1) is 0 Å². The number of halogens is 2. The molecule has 0 aliphatic heterocycles. The second-order valence-electron chi connectivity index (χ2n) is 2.37. The fourth-order valence-corrected chi connectivity index (χ4v) is 2.48. The van der Waals surface area contributed by atoms with E-state index in [9.17, 15) is 0 Å². The zero-order valence-electron chi connectivity index (χ0n) is 6.49. The summed E-state index contributed by atoms with van der Waals surface area (Å²) in [5, 5.41) is 0. The number of rotatable bonds is 3. The molecule has 0 saturated heterocycles. The Hall–Kier alpha value is 0.293. The minimum absolute atomic E-state index is 0.996. The summed E-state index contributed by atoms with van der Waals surface area (Å²) in [5.74, 6) is 0. The predicted molar refractivity (Wildman–Crippen MR) is 52.5 cm³/mol. The van der Waals surface area contributed by atoms with Gasteiger partial charge in [-0.3, -0.25) is 0 Å². The van der Waals surface area contributed by atoms with Crippen LogP contribution in [0.2, 0.25) is 0 Å².